The number of thiol groups is 2. The fourth-order valence-electron chi connectivity index (χ4n) is 15.4. The number of carboxylic acids is 1. The Balaban J connectivity index is 1.33. The summed E-state index contributed by atoms with van der Waals surface area (Å²) in [4.78, 5) is 284. The number of nitrogens with two attached hydrogens (primary N) is 5. The normalized spacial score (nSPS) is 15.5. The van der Waals surface area contributed by atoms with Gasteiger partial charge in [0.2, 0.25) is 112 Å². The van der Waals surface area contributed by atoms with Crippen molar-refractivity contribution >= 4 is 177 Å². The number of nitrogens with one attached hydrogen (secondary N) is 22. The number of hydrogen-bond donors (Lipinski definition) is 32. The molecule has 1 fully saturated rings. The molecule has 2 aromatic carbocycles. The topological polar surface area (TPSA) is 831 Å². The second-order valence-electron chi connectivity index (χ2n) is 36.6. The number of aromatic nitrogens is 2. The van der Waals surface area contributed by atoms with Crippen LogP contribution in [0.3, 0.4) is 0 Å². The molecule has 5 rings (SSSR count). The van der Waals surface area contributed by atoms with Gasteiger partial charge in [-0.25, -0.2) is 0 Å². The maximum atomic E-state index is 15.0. The number of rotatable bonds is 63. The summed E-state index contributed by atoms with van der Waals surface area (Å²) in [6.45, 7) is 10.7. The molecule has 796 valence electrons. The fourth-order valence-corrected chi connectivity index (χ4v) is 15.9. The van der Waals surface area contributed by atoms with Gasteiger partial charge in [0.25, 0.3) is 0 Å². The number of hydrogen-bond acceptors (Lipinski definition) is 27. The molecule has 0 saturated carbocycles. The molecular weight excluding hydrogens is 1920 g/mol. The summed E-state index contributed by atoms with van der Waals surface area (Å²) in [5, 5.41) is 92.3. The maximum absolute atomic E-state index is 15.0. The monoisotopic (exact) mass is 2060 g/mol. The van der Waals surface area contributed by atoms with Gasteiger partial charge in [-0.2, -0.15) is 25.3 Å². The van der Waals surface area contributed by atoms with E-state index in [9.17, 15) is 111 Å². The highest BCUT2D eigenvalue weighted by molar-refractivity contribution is 7.80. The van der Waals surface area contributed by atoms with Crippen molar-refractivity contribution < 1.29 is 111 Å². The Morgan fingerprint density at radius 2 is 0.778 bits per heavy atom. The van der Waals surface area contributed by atoms with Crippen LogP contribution in [-0.4, -0.2) is 314 Å². The van der Waals surface area contributed by atoms with Crippen LogP contribution >= 0.6 is 25.3 Å². The quantitative estimate of drug-likeness (QED) is 0.00845. The van der Waals surface area contributed by atoms with Gasteiger partial charge in [0.15, 0.2) is 11.9 Å². The third-order valence-electron chi connectivity index (χ3n) is 23.0. The molecule has 144 heavy (non-hydrogen) atoms. The van der Waals surface area contributed by atoms with Gasteiger partial charge in [0.05, 0.1) is 32.3 Å². The third-order valence-corrected chi connectivity index (χ3v) is 23.7. The lowest BCUT2D eigenvalue weighted by Gasteiger charge is -2.31. The number of aliphatic carboxylic acids is 1. The molecule has 2 aromatic heterocycles. The van der Waals surface area contributed by atoms with Crippen molar-refractivity contribution in [1.82, 2.24) is 111 Å². The number of aromatic amines is 2. The van der Waals surface area contributed by atoms with Crippen LogP contribution < -0.4 is 124 Å². The van der Waals surface area contributed by atoms with E-state index in [0.717, 1.165) is 4.90 Å². The summed E-state index contributed by atoms with van der Waals surface area (Å²) in [7, 11) is 0. The minimum Gasteiger partial charge on any atom is -0.480 e. The summed E-state index contributed by atoms with van der Waals surface area (Å²) in [6, 6.07) is -10.0. The molecule has 3 heterocycles. The van der Waals surface area contributed by atoms with Crippen molar-refractivity contribution in [1.29, 1.82) is 10.8 Å². The first kappa shape index (κ1) is 121. The van der Waals surface area contributed by atoms with Crippen molar-refractivity contribution in [3.05, 3.63) is 72.1 Å². The minimum absolute atomic E-state index is 0.00892. The van der Waals surface area contributed by atoms with E-state index in [1.54, 1.807) is 88.6 Å². The SMILES string of the molecule is CC(C)C[C@H](NC(=O)[C@H](Cc1c[nH]c2ccccc12)NC(=O)CNC(=O)[C@@H]1CCCN1C(=O)[C@H](CCC(N)=O)NC(=O)[C@H](CCCNC(=N)N)NC(=O)[C@@H](NC(=O)[C@H](CCCNC(=N)N)NC(=O)[C@H](CC(C)C)NC(=O)[C@H](CO)NC(=O)[C@H](CCC(N)=O)NC(=O)[C@H](CS)NC(=O)[C@@H](N)CC(C)C)C(C)C)C(=O)N[C@@H](CO)C(=O)NCC(=O)N[C@@H](Cc1c[nH]c2ccccc12)C(=O)N[C@@H](CS)C(=O)N[C@@H](C)C(=O)O. The Hall–Kier alpha value is -14.0. The third kappa shape index (κ3) is 40.4. The zero-order valence-electron chi connectivity index (χ0n) is 82.0. The zero-order valence-corrected chi connectivity index (χ0v) is 83.8. The first-order valence-corrected chi connectivity index (χ1v) is 48.6. The number of aliphatic hydroxyl groups excluding tert-OH is 2. The molecular formula is C91H142N28O23S2. The lowest BCUT2D eigenvalue weighted by Crippen LogP contribution is -2.61. The average molecular weight is 2060 g/mol. The van der Waals surface area contributed by atoms with Crippen molar-refractivity contribution in [2.45, 2.75) is 255 Å². The van der Waals surface area contributed by atoms with Crippen LogP contribution in [0.15, 0.2) is 60.9 Å². The van der Waals surface area contributed by atoms with Gasteiger partial charge in [-0.05, 0) is 124 Å². The second-order valence-corrected chi connectivity index (χ2v) is 37.3. The number of H-pyrrole nitrogens is 2. The van der Waals surface area contributed by atoms with Crippen molar-refractivity contribution in [3.8, 4) is 0 Å². The predicted molar refractivity (Wildman–Crippen MR) is 533 cm³/mol. The lowest BCUT2D eigenvalue weighted by molar-refractivity contribution is -0.142. The molecule has 35 N–H and O–H groups in total. The summed E-state index contributed by atoms with van der Waals surface area (Å²) < 4.78 is 0. The number of fused-ring (bicyclic) bond motifs is 2. The molecule has 19 amide bonds. The number of guanidine groups is 2. The molecule has 1 saturated heterocycles. The Kier molecular flexibility index (Phi) is 50.6. The van der Waals surface area contributed by atoms with E-state index in [1.165, 1.54) is 20.8 Å². The summed E-state index contributed by atoms with van der Waals surface area (Å²) in [5.74, 6) is -22.7. The number of amides is 19. The molecule has 16 atom stereocenters. The van der Waals surface area contributed by atoms with Gasteiger partial charge in [-0.1, -0.05) is 91.8 Å². The molecule has 53 heteroatoms. The largest absolute Gasteiger partial charge is 0.480 e. The number of benzene rings is 2. The number of para-hydroxylation sites is 2. The Bertz CT molecular complexity index is 5150. The summed E-state index contributed by atoms with van der Waals surface area (Å²) in [5.41, 5.74) is 30.5. The average Bonchev–Trinajstić information content (AvgIpc) is 1.69. The zero-order chi connectivity index (χ0) is 107. The Morgan fingerprint density at radius 3 is 1.21 bits per heavy atom. The standard InChI is InChI=1S/C91H142N28O23S2/c1-44(2)31-53(92)74(126)116-67(43-144)85(137)109-58(24-26-69(93)122)77(129)115-65(41-121)83(135)113-60(32-45(3)4)79(131)108-57(22-15-29-100-91(97)98)78(130)118-73(47(7)8)87(139)110-56(21-14-28-99-90(95)96)76(128)111-59(25-27-70(94)123)88(140)119-30-16-23-68(119)86(138)104-39-72(125)106-62(34-49-36-101-54-19-12-10-17-51(49)54)81(133)112-61(33-46(5)6)80(132)114-64(40-120)75(127)103-38-71(124)107-63(35-50-37-102-55-20-13-11-18-52(50)55)82(134)117-66(42-143)84(136)105-48(9)89(141)142/h10-13,17-20,36-37,44-48,53,56-68,73,101-102,120-121,143-144H,14-16,21-35,38-43,92H2,1-9H3,(H2,93,122)(H2,94,123)(H,103,127)(H,104,138)(H,105,136)(H,106,125)(H,107,124)(H,108,131)(H,109,137)(H,110,139)(H,111,128)(H,112,133)(H,113,135)(H,114,132)(H,115,129)(H,116,126)(H,117,134)(H,118,130)(H,141,142)(H4,95,96,99)(H4,97,98,100)/t48-,53-,56-,57-,58-,59-,60-,61-,62-,63-,64-,65-,66-,67-,68-,73-/m0/s1. The molecule has 1 aliphatic heterocycles. The predicted octanol–water partition coefficient (Wildman–Crippen LogP) is -7.43. The molecule has 0 unspecified atom stereocenters. The van der Waals surface area contributed by atoms with Gasteiger partial charge in [0, 0.05) is 91.0 Å². The lowest BCUT2D eigenvalue weighted by atomic mass is 9.99. The van der Waals surface area contributed by atoms with Crippen LogP contribution in [0.5, 0.6) is 0 Å². The van der Waals surface area contributed by atoms with Crippen LogP contribution in [0.1, 0.15) is 157 Å². The highest BCUT2D eigenvalue weighted by atomic mass is 32.1. The van der Waals surface area contributed by atoms with E-state index in [2.05, 4.69) is 131 Å². The molecule has 0 aliphatic carbocycles. The maximum Gasteiger partial charge on any atom is 0.325 e. The van der Waals surface area contributed by atoms with E-state index in [4.69, 9.17) is 39.5 Å². The number of aliphatic hydroxyl groups is 2. The van der Waals surface area contributed by atoms with Crippen molar-refractivity contribution in [3.63, 3.8) is 0 Å². The Labute approximate surface area is 842 Å². The van der Waals surface area contributed by atoms with E-state index < -0.39 is 285 Å². The van der Waals surface area contributed by atoms with Gasteiger partial charge < -0.3 is 155 Å². The number of nitrogens with zero attached hydrogens (tertiary/aromatic N) is 1. The van der Waals surface area contributed by atoms with Gasteiger partial charge in [0.1, 0.15) is 90.6 Å². The number of primary amides is 2. The van der Waals surface area contributed by atoms with E-state index in [-0.39, 0.29) is 120 Å². The van der Waals surface area contributed by atoms with Crippen LogP contribution in [0, 0.1) is 34.5 Å². The van der Waals surface area contributed by atoms with Crippen LogP contribution in [0.25, 0.3) is 21.8 Å². The summed E-state index contributed by atoms with van der Waals surface area (Å²) in [6.07, 6.45) is 0.583. The van der Waals surface area contributed by atoms with E-state index in [0.29, 0.717) is 32.9 Å². The molecule has 1 aliphatic rings. The van der Waals surface area contributed by atoms with Crippen LogP contribution in [-0.2, 0) is 109 Å². The highest BCUT2D eigenvalue weighted by Crippen LogP contribution is 2.24. The summed E-state index contributed by atoms with van der Waals surface area (Å²) >= 11 is 8.33. The van der Waals surface area contributed by atoms with Crippen molar-refractivity contribution in [2.24, 2.45) is 52.3 Å². The first-order chi connectivity index (χ1) is 68.0. The molecule has 4 aromatic rings. The van der Waals surface area contributed by atoms with Gasteiger partial charge >= 0.3 is 5.97 Å². The number of likely N-dealkylation sites (tertiary alicyclic amines) is 1. The highest BCUT2D eigenvalue weighted by Gasteiger charge is 2.42. The minimum atomic E-state index is -1.84. The molecule has 51 nitrogen and oxygen atoms in total. The van der Waals surface area contributed by atoms with Crippen LogP contribution in [0.4, 0.5) is 0 Å². The van der Waals surface area contributed by atoms with Gasteiger partial charge in [-0.15, -0.1) is 0 Å². The van der Waals surface area contributed by atoms with Gasteiger partial charge in [-0.3, -0.25) is 107 Å². The molecule has 0 radical (unpaired) electrons. The van der Waals surface area contributed by atoms with Crippen molar-refractivity contribution in [2.75, 3.05) is 57.4 Å². The number of carboxylic acid groups (broad SMARTS) is 1. The fraction of sp³-hybridized carbons (Fsp3) is 0.582. The van der Waals surface area contributed by atoms with E-state index in [1.807, 2.05) is 13.8 Å². The molecule has 0 spiro atoms. The van der Waals surface area contributed by atoms with E-state index >= 15 is 0 Å². The second kappa shape index (κ2) is 60.5. The Morgan fingerprint density at radius 1 is 0.417 bits per heavy atom. The van der Waals surface area contributed by atoms with Crippen LogP contribution in [0.2, 0.25) is 0 Å². The number of carbonyl (C=O) groups is 20. The molecule has 0 bridgehead atoms. The smallest absolute Gasteiger partial charge is 0.325 e. The first-order valence-electron chi connectivity index (χ1n) is 47.3. The number of carbonyl (C=O) groups excluding carboxylic acids is 19.